The summed E-state index contributed by atoms with van der Waals surface area (Å²) in [7, 11) is 0. The summed E-state index contributed by atoms with van der Waals surface area (Å²) in [6, 6.07) is 7.29. The van der Waals surface area contributed by atoms with E-state index in [9.17, 15) is 9.59 Å². The summed E-state index contributed by atoms with van der Waals surface area (Å²) in [6.45, 7) is 1.30. The predicted molar refractivity (Wildman–Crippen MR) is 78.6 cm³/mol. The van der Waals surface area contributed by atoms with Crippen molar-refractivity contribution in [3.63, 3.8) is 0 Å². The molecule has 114 valence electrons. The molecule has 2 rings (SSSR count). The highest BCUT2D eigenvalue weighted by Crippen LogP contribution is 2.28. The number of carbonyl (C=O) groups excluding carboxylic acids is 2. The third-order valence-electron chi connectivity index (χ3n) is 3.22. The molecule has 0 unspecified atom stereocenters. The van der Waals surface area contributed by atoms with Gasteiger partial charge in [-0.15, -0.1) is 0 Å². The molecular weight excluding hydrogens is 270 g/mol. The molecule has 1 aliphatic rings. The highest BCUT2D eigenvalue weighted by atomic mass is 16.5. The van der Waals surface area contributed by atoms with Crippen LogP contribution in [0.5, 0.6) is 5.75 Å². The van der Waals surface area contributed by atoms with Gasteiger partial charge in [-0.05, 0) is 30.5 Å². The molecule has 1 aliphatic carbocycles. The number of hydrogen-bond donors (Lipinski definition) is 3. The van der Waals surface area contributed by atoms with Crippen LogP contribution in [-0.2, 0) is 16.1 Å². The number of nitrogens with one attached hydrogen (secondary N) is 2. The summed E-state index contributed by atoms with van der Waals surface area (Å²) < 4.78 is 5.35. The molecule has 0 aliphatic heterocycles. The maximum atomic E-state index is 11.6. The number of rotatable bonds is 8. The van der Waals surface area contributed by atoms with Crippen LogP contribution in [0.1, 0.15) is 18.4 Å². The number of amides is 2. The summed E-state index contributed by atoms with van der Waals surface area (Å²) in [4.78, 5) is 22.9. The first kappa shape index (κ1) is 15.3. The van der Waals surface area contributed by atoms with Crippen LogP contribution in [0.4, 0.5) is 0 Å². The number of nitrogens with two attached hydrogens (primary N) is 1. The van der Waals surface area contributed by atoms with E-state index in [2.05, 4.69) is 10.6 Å². The third-order valence-corrected chi connectivity index (χ3v) is 3.22. The predicted octanol–water partition coefficient (Wildman–Crippen LogP) is 0.166. The summed E-state index contributed by atoms with van der Waals surface area (Å²) in [5.41, 5.74) is 6.51. The Balaban J connectivity index is 1.57. The molecule has 0 heterocycles. The van der Waals surface area contributed by atoms with Crippen LogP contribution in [0.25, 0.3) is 0 Å². The fourth-order valence-corrected chi connectivity index (χ4v) is 1.80. The lowest BCUT2D eigenvalue weighted by atomic mass is 10.2. The van der Waals surface area contributed by atoms with E-state index in [1.807, 2.05) is 12.1 Å². The van der Waals surface area contributed by atoms with Gasteiger partial charge in [-0.25, -0.2) is 0 Å². The molecule has 4 N–H and O–H groups in total. The van der Waals surface area contributed by atoms with E-state index >= 15 is 0 Å². The topological polar surface area (TPSA) is 93.4 Å². The molecule has 1 aromatic rings. The van der Waals surface area contributed by atoms with E-state index < -0.39 is 0 Å². The number of carbonyl (C=O) groups is 2. The van der Waals surface area contributed by atoms with E-state index in [1.54, 1.807) is 12.1 Å². The second-order valence-electron chi connectivity index (χ2n) is 5.05. The van der Waals surface area contributed by atoms with Crippen molar-refractivity contribution in [1.29, 1.82) is 0 Å². The lowest BCUT2D eigenvalue weighted by molar-refractivity contribution is -0.124. The van der Waals surface area contributed by atoms with Gasteiger partial charge >= 0.3 is 0 Å². The number of ether oxygens (including phenoxy) is 1. The minimum absolute atomic E-state index is 0.0431. The molecule has 0 radical (unpaired) electrons. The van der Waals surface area contributed by atoms with Crippen LogP contribution in [0, 0.1) is 5.92 Å². The zero-order valence-electron chi connectivity index (χ0n) is 11.9. The van der Waals surface area contributed by atoms with Crippen molar-refractivity contribution in [3.8, 4) is 5.75 Å². The van der Waals surface area contributed by atoms with Crippen molar-refractivity contribution >= 4 is 11.8 Å². The fraction of sp³-hybridized carbons (Fsp3) is 0.467. The normalized spacial score (nSPS) is 13.6. The van der Waals surface area contributed by atoms with Gasteiger partial charge < -0.3 is 21.1 Å². The molecule has 21 heavy (non-hydrogen) atoms. The van der Waals surface area contributed by atoms with Gasteiger partial charge in [-0.2, -0.15) is 0 Å². The van der Waals surface area contributed by atoms with Crippen molar-refractivity contribution in [2.75, 3.05) is 19.7 Å². The van der Waals surface area contributed by atoms with E-state index in [-0.39, 0.29) is 24.3 Å². The zero-order valence-corrected chi connectivity index (χ0v) is 11.9. The lowest BCUT2D eigenvalue weighted by Crippen LogP contribution is -2.37. The second-order valence-corrected chi connectivity index (χ2v) is 5.05. The molecular formula is C15H21N3O3. The maximum absolute atomic E-state index is 11.6. The monoisotopic (exact) mass is 291 g/mol. The Labute approximate surface area is 124 Å². The van der Waals surface area contributed by atoms with Gasteiger partial charge in [0.15, 0.2) is 6.61 Å². The molecule has 2 amide bonds. The second kappa shape index (κ2) is 7.64. The Morgan fingerprint density at radius 3 is 2.43 bits per heavy atom. The zero-order chi connectivity index (χ0) is 15.1. The Hall–Kier alpha value is -2.08. The Bertz CT molecular complexity index is 483. The van der Waals surface area contributed by atoms with Gasteiger partial charge in [-0.3, -0.25) is 9.59 Å². The van der Waals surface area contributed by atoms with Crippen molar-refractivity contribution in [1.82, 2.24) is 10.6 Å². The summed E-state index contributed by atoms with van der Waals surface area (Å²) in [5.74, 6) is 0.698. The van der Waals surface area contributed by atoms with Crippen LogP contribution >= 0.6 is 0 Å². The van der Waals surface area contributed by atoms with Crippen LogP contribution in [-0.4, -0.2) is 31.5 Å². The molecule has 0 atom stereocenters. The minimum Gasteiger partial charge on any atom is -0.484 e. The van der Waals surface area contributed by atoms with Gasteiger partial charge in [0.2, 0.25) is 5.91 Å². The fourth-order valence-electron chi connectivity index (χ4n) is 1.80. The average molecular weight is 291 g/mol. The Morgan fingerprint density at radius 1 is 1.14 bits per heavy atom. The van der Waals surface area contributed by atoms with E-state index in [4.69, 9.17) is 10.5 Å². The molecule has 6 heteroatoms. The van der Waals surface area contributed by atoms with Crippen LogP contribution in [0.3, 0.4) is 0 Å². The molecule has 0 spiro atoms. The molecule has 0 saturated heterocycles. The average Bonchev–Trinajstić information content (AvgIpc) is 3.34. The van der Waals surface area contributed by atoms with E-state index in [0.29, 0.717) is 25.4 Å². The summed E-state index contributed by atoms with van der Waals surface area (Å²) in [6.07, 6.45) is 1.96. The van der Waals surface area contributed by atoms with Crippen LogP contribution < -0.4 is 21.1 Å². The quantitative estimate of drug-likeness (QED) is 0.595. The van der Waals surface area contributed by atoms with Crippen molar-refractivity contribution < 1.29 is 14.3 Å². The van der Waals surface area contributed by atoms with Gasteiger partial charge in [0.05, 0.1) is 0 Å². The van der Waals surface area contributed by atoms with Crippen molar-refractivity contribution in [3.05, 3.63) is 29.8 Å². The van der Waals surface area contributed by atoms with Gasteiger partial charge in [0, 0.05) is 25.6 Å². The summed E-state index contributed by atoms with van der Waals surface area (Å²) >= 11 is 0. The van der Waals surface area contributed by atoms with Crippen LogP contribution in [0.2, 0.25) is 0 Å². The van der Waals surface area contributed by atoms with E-state index in [0.717, 1.165) is 18.4 Å². The Kier molecular flexibility index (Phi) is 5.57. The van der Waals surface area contributed by atoms with Crippen molar-refractivity contribution in [2.45, 2.75) is 19.4 Å². The molecule has 6 nitrogen and oxygen atoms in total. The largest absolute Gasteiger partial charge is 0.484 e. The first-order chi connectivity index (χ1) is 10.2. The highest BCUT2D eigenvalue weighted by Gasteiger charge is 2.28. The van der Waals surface area contributed by atoms with Crippen LogP contribution in [0.15, 0.2) is 24.3 Å². The number of hydrogen-bond acceptors (Lipinski definition) is 4. The van der Waals surface area contributed by atoms with Gasteiger partial charge in [0.1, 0.15) is 5.75 Å². The van der Waals surface area contributed by atoms with Gasteiger partial charge in [-0.1, -0.05) is 12.1 Å². The lowest BCUT2D eigenvalue weighted by Gasteiger charge is -2.08. The first-order valence-electron chi connectivity index (χ1n) is 7.15. The SMILES string of the molecule is NCc1ccc(OCC(=O)NCCNC(=O)C2CC2)cc1. The maximum Gasteiger partial charge on any atom is 0.258 e. The summed E-state index contributed by atoms with van der Waals surface area (Å²) in [5, 5.41) is 5.47. The molecule has 0 bridgehead atoms. The number of benzene rings is 1. The molecule has 0 aromatic heterocycles. The third kappa shape index (κ3) is 5.43. The highest BCUT2D eigenvalue weighted by molar-refractivity contribution is 5.81. The Morgan fingerprint density at radius 2 is 1.81 bits per heavy atom. The molecule has 1 fully saturated rings. The molecule has 1 aromatic carbocycles. The molecule has 1 saturated carbocycles. The van der Waals surface area contributed by atoms with Crippen molar-refractivity contribution in [2.24, 2.45) is 11.7 Å². The minimum atomic E-state index is -0.210. The standard InChI is InChI=1S/C15H21N3O3/c16-9-11-1-5-13(6-2-11)21-10-14(19)17-7-8-18-15(20)12-3-4-12/h1-2,5-6,12H,3-4,7-10,16H2,(H,17,19)(H,18,20). The first-order valence-corrected chi connectivity index (χ1v) is 7.15. The van der Waals surface area contributed by atoms with Gasteiger partial charge in [0.25, 0.3) is 5.91 Å². The van der Waals surface area contributed by atoms with E-state index in [1.165, 1.54) is 0 Å². The smallest absolute Gasteiger partial charge is 0.258 e.